The van der Waals surface area contributed by atoms with Crippen molar-refractivity contribution < 1.29 is 47.6 Å². The van der Waals surface area contributed by atoms with Gasteiger partial charge in [0.15, 0.2) is 0 Å². The summed E-state index contributed by atoms with van der Waals surface area (Å²) in [7, 11) is 1.37. The molecule has 0 radical (unpaired) electrons. The number of hydrogen-bond acceptors (Lipinski definition) is 11. The molecule has 15 heteroatoms. The molecule has 0 aliphatic heterocycles. The van der Waals surface area contributed by atoms with E-state index in [0.717, 1.165) is 31.2 Å². The predicted octanol–water partition coefficient (Wildman–Crippen LogP) is 13.1. The number of ether oxygens (including phenoxy) is 4. The second kappa shape index (κ2) is 28.4. The Bertz CT molecular complexity index is 2200. The Morgan fingerprint density at radius 2 is 1.21 bits per heavy atom. The van der Waals surface area contributed by atoms with E-state index in [1.807, 2.05) is 36.4 Å². The first-order valence-corrected chi connectivity index (χ1v) is 20.8. The lowest BCUT2D eigenvalue weighted by atomic mass is 10.1. The Hall–Kier alpha value is -5.18. The fraction of sp³-hybridized carbons (Fsp3) is 0.319. The van der Waals surface area contributed by atoms with Crippen LogP contribution in [0.25, 0.3) is 22.9 Å². The number of nitrogens with zero attached hydrogens (tertiary/aromatic N) is 2. The van der Waals surface area contributed by atoms with Crippen molar-refractivity contribution in [3.63, 3.8) is 0 Å². The van der Waals surface area contributed by atoms with E-state index < -0.39 is 12.1 Å². The summed E-state index contributed by atoms with van der Waals surface area (Å²) >= 11 is 15.3. The van der Waals surface area contributed by atoms with Crippen LogP contribution in [0.5, 0.6) is 11.5 Å². The largest absolute Gasteiger partial charge is 0.507 e. The monoisotopic (exact) mass is 956 g/mol. The van der Waals surface area contributed by atoms with Gasteiger partial charge in [0.25, 0.3) is 0 Å². The number of methoxy groups -OCH3 is 1. The van der Waals surface area contributed by atoms with Gasteiger partial charge in [0, 0.05) is 28.8 Å². The quantitative estimate of drug-likeness (QED) is 0.0477. The van der Waals surface area contributed by atoms with E-state index in [2.05, 4.69) is 44.5 Å². The predicted molar refractivity (Wildman–Crippen MR) is 246 cm³/mol. The van der Waals surface area contributed by atoms with Gasteiger partial charge < -0.3 is 38.0 Å². The summed E-state index contributed by atoms with van der Waals surface area (Å²) < 4.78 is 32.3. The fourth-order valence-electron chi connectivity index (χ4n) is 5.17. The summed E-state index contributed by atoms with van der Waals surface area (Å²) in [5.41, 5.74) is 3.72. The lowest BCUT2D eigenvalue weighted by Gasteiger charge is -2.17. The molecule has 0 fully saturated rings. The second-order valence-corrected chi connectivity index (χ2v) is 14.7. The fourth-order valence-corrected chi connectivity index (χ4v) is 6.01. The average molecular weight is 959 g/mol. The number of aliphatic carboxylic acids is 1. The van der Waals surface area contributed by atoms with E-state index in [-0.39, 0.29) is 37.3 Å². The van der Waals surface area contributed by atoms with Crippen LogP contribution in [-0.2, 0) is 37.0 Å². The number of halogens is 3. The van der Waals surface area contributed by atoms with Crippen LogP contribution in [0.2, 0.25) is 10.0 Å². The number of carbonyl (C=O) groups excluding carboxylic acids is 1. The van der Waals surface area contributed by atoms with Gasteiger partial charge >= 0.3 is 11.9 Å². The molecule has 2 unspecified atom stereocenters. The van der Waals surface area contributed by atoms with Crippen LogP contribution in [0.4, 0.5) is 0 Å². The third kappa shape index (κ3) is 16.9. The van der Waals surface area contributed by atoms with Gasteiger partial charge in [-0.15, -0.1) is 0 Å². The molecule has 0 bridgehead atoms. The van der Waals surface area contributed by atoms with E-state index in [4.69, 9.17) is 46.2 Å². The molecule has 0 aliphatic carbocycles. The molecular formula is C47H55BrCl2N2O10. The van der Waals surface area contributed by atoms with E-state index in [1.54, 1.807) is 54.6 Å². The number of carboxylic acid groups (broad SMARTS) is 1. The number of carbonyl (C=O) groups is 2. The van der Waals surface area contributed by atoms with Gasteiger partial charge in [-0.1, -0.05) is 141 Å². The maximum absolute atomic E-state index is 11.8. The minimum absolute atomic E-state index is 0. The number of phenols is 1. The molecule has 6 rings (SSSR count). The SMILES string of the molecule is C.C.CCCCOCc1coc(-c2cc(Cl)ccc2O)n1.CCCCOCc1coc(-c2cc(Cl)ccc2OC(C(=O)O)c2ccccc2)n1.COC(=O)C(Br)c1ccccc1. The maximum Gasteiger partial charge on any atom is 0.349 e. The van der Waals surface area contributed by atoms with Gasteiger partial charge in [0.1, 0.15) is 40.2 Å². The topological polar surface area (TPSA) is 164 Å². The van der Waals surface area contributed by atoms with Gasteiger partial charge in [0.05, 0.1) is 31.5 Å². The summed E-state index contributed by atoms with van der Waals surface area (Å²) in [5.74, 6) is -0.353. The normalized spacial score (nSPS) is 11.3. The molecule has 0 saturated heterocycles. The van der Waals surface area contributed by atoms with Gasteiger partial charge in [-0.25, -0.2) is 14.8 Å². The molecule has 0 amide bonds. The van der Waals surface area contributed by atoms with Gasteiger partial charge in [-0.05, 0) is 54.8 Å². The summed E-state index contributed by atoms with van der Waals surface area (Å²) in [6.07, 6.45) is 6.02. The van der Waals surface area contributed by atoms with Crippen molar-refractivity contribution >= 4 is 51.1 Å². The number of benzene rings is 4. The van der Waals surface area contributed by atoms with Crippen molar-refractivity contribution in [2.45, 2.75) is 78.5 Å². The Kier molecular flexibility index (Phi) is 24.3. The zero-order valence-corrected chi connectivity index (χ0v) is 36.5. The van der Waals surface area contributed by atoms with Crippen molar-refractivity contribution in [1.29, 1.82) is 0 Å². The number of carboxylic acids is 1. The minimum Gasteiger partial charge on any atom is -0.507 e. The van der Waals surface area contributed by atoms with Crippen LogP contribution >= 0.6 is 39.1 Å². The van der Waals surface area contributed by atoms with E-state index in [0.29, 0.717) is 76.2 Å². The third-order valence-electron chi connectivity index (χ3n) is 8.32. The van der Waals surface area contributed by atoms with Crippen LogP contribution in [0.3, 0.4) is 0 Å². The zero-order valence-electron chi connectivity index (χ0n) is 33.4. The Balaban J connectivity index is 0.000000345. The highest BCUT2D eigenvalue weighted by Crippen LogP contribution is 2.35. The molecule has 62 heavy (non-hydrogen) atoms. The molecular weight excluding hydrogens is 903 g/mol. The van der Waals surface area contributed by atoms with Crippen LogP contribution < -0.4 is 4.74 Å². The number of aromatic nitrogens is 2. The summed E-state index contributed by atoms with van der Waals surface area (Å²) in [6, 6.07) is 27.7. The molecule has 0 spiro atoms. The molecule has 2 N–H and O–H groups in total. The van der Waals surface area contributed by atoms with Gasteiger partial charge in [0.2, 0.25) is 17.9 Å². The standard InChI is InChI=1S/C22H22ClNO5.C14H16ClNO3.C9H9BrO2.2CH4/c1-2-3-11-27-13-17-14-28-21(24-17)18-12-16(23)9-10-19(18)29-20(22(25)26)15-7-5-4-6-8-15;1-2-3-6-18-8-11-9-19-14(16-11)12-7-10(15)4-5-13(12)17;1-12-9(11)8(10)7-5-3-2-4-6-7;;/h4-10,12,14,20H,2-3,11,13H2,1H3,(H,25,26);4-5,7,9,17H,2-3,6,8H2,1H3;2-6,8H,1H3;2*1H4. The first-order valence-electron chi connectivity index (χ1n) is 19.1. The maximum atomic E-state index is 11.8. The summed E-state index contributed by atoms with van der Waals surface area (Å²) in [4.78, 5) is 31.2. The third-order valence-corrected chi connectivity index (χ3v) is 9.69. The first kappa shape index (κ1) is 53.0. The summed E-state index contributed by atoms with van der Waals surface area (Å²) in [6.45, 7) is 6.31. The van der Waals surface area contributed by atoms with Crippen LogP contribution in [0.1, 0.15) is 87.8 Å². The van der Waals surface area contributed by atoms with Crippen LogP contribution in [-0.4, -0.2) is 52.4 Å². The molecule has 12 nitrogen and oxygen atoms in total. The van der Waals surface area contributed by atoms with E-state index in [1.165, 1.54) is 25.7 Å². The van der Waals surface area contributed by atoms with Crippen LogP contribution in [0.15, 0.2) is 118 Å². The Labute approximate surface area is 382 Å². The van der Waals surface area contributed by atoms with Crippen molar-refractivity contribution in [2.24, 2.45) is 0 Å². The highest BCUT2D eigenvalue weighted by molar-refractivity contribution is 9.09. The van der Waals surface area contributed by atoms with Crippen molar-refractivity contribution in [1.82, 2.24) is 9.97 Å². The lowest BCUT2D eigenvalue weighted by Crippen LogP contribution is -2.18. The Morgan fingerprint density at radius 3 is 1.71 bits per heavy atom. The zero-order chi connectivity index (χ0) is 43.3. The summed E-state index contributed by atoms with van der Waals surface area (Å²) in [5, 5.41) is 20.4. The average Bonchev–Trinajstić information content (AvgIpc) is 3.95. The van der Waals surface area contributed by atoms with Gasteiger partial charge in [-0.2, -0.15) is 0 Å². The second-order valence-electron chi connectivity index (χ2n) is 12.9. The number of oxazole rings is 2. The number of unbranched alkanes of at least 4 members (excludes halogenated alkanes) is 2. The lowest BCUT2D eigenvalue weighted by molar-refractivity contribution is -0.145. The smallest absolute Gasteiger partial charge is 0.349 e. The molecule has 2 atom stereocenters. The van der Waals surface area contributed by atoms with Crippen LogP contribution in [0, 0.1) is 0 Å². The first-order chi connectivity index (χ1) is 29.0. The van der Waals surface area contributed by atoms with Crippen molar-refractivity contribution in [2.75, 3.05) is 20.3 Å². The van der Waals surface area contributed by atoms with E-state index >= 15 is 0 Å². The number of aromatic hydroxyl groups is 1. The molecule has 334 valence electrons. The molecule has 4 aromatic carbocycles. The molecule has 2 aromatic heterocycles. The van der Waals surface area contributed by atoms with Crippen molar-refractivity contribution in [3.05, 3.63) is 142 Å². The van der Waals surface area contributed by atoms with Gasteiger partial charge in [-0.3, -0.25) is 4.79 Å². The van der Waals surface area contributed by atoms with E-state index in [9.17, 15) is 19.8 Å². The molecule has 6 aromatic rings. The highest BCUT2D eigenvalue weighted by atomic mass is 79.9. The number of esters is 1. The Morgan fingerprint density at radius 1 is 0.726 bits per heavy atom. The molecule has 2 heterocycles. The number of alkyl halides is 1. The molecule has 0 saturated carbocycles. The molecule has 0 aliphatic rings. The minimum atomic E-state index is -1.18. The highest BCUT2D eigenvalue weighted by Gasteiger charge is 2.25. The van der Waals surface area contributed by atoms with Crippen molar-refractivity contribution in [3.8, 4) is 34.4 Å². The number of rotatable bonds is 18. The number of phenolic OH excluding ortho intramolecular Hbond substituents is 1. The number of hydrogen-bond donors (Lipinski definition) is 2.